The Morgan fingerprint density at radius 3 is 2.52 bits per heavy atom. The number of aromatic hydroxyl groups is 1. The van der Waals surface area contributed by atoms with Gasteiger partial charge in [0.15, 0.2) is 11.5 Å². The third-order valence-corrected chi connectivity index (χ3v) is 7.79. The van der Waals surface area contributed by atoms with Crippen molar-refractivity contribution in [3.63, 3.8) is 0 Å². The molecule has 0 radical (unpaired) electrons. The van der Waals surface area contributed by atoms with E-state index in [4.69, 9.17) is 4.74 Å². The molecule has 4 fully saturated rings. The molecular weight excluding hydrogens is 388 g/mol. The number of nitrogens with zero attached hydrogens (tertiary/aromatic N) is 1. The van der Waals surface area contributed by atoms with Gasteiger partial charge in [0.2, 0.25) is 5.91 Å². The molecule has 1 amide bonds. The minimum Gasteiger partial charge on any atom is -0.504 e. The van der Waals surface area contributed by atoms with Crippen LogP contribution in [0, 0.1) is 24.2 Å². The van der Waals surface area contributed by atoms with Crippen LogP contribution in [0.4, 0.5) is 0 Å². The lowest BCUT2D eigenvalue weighted by Crippen LogP contribution is -2.58. The van der Waals surface area contributed by atoms with Gasteiger partial charge < -0.3 is 9.84 Å². The molecule has 2 aromatic rings. The van der Waals surface area contributed by atoms with E-state index in [2.05, 4.69) is 41.7 Å². The lowest BCUT2D eigenvalue weighted by Gasteiger charge is -2.61. The van der Waals surface area contributed by atoms with Gasteiger partial charge in [-0.05, 0) is 92.0 Å². The number of methoxy groups -OCH3 is 1. The lowest BCUT2D eigenvalue weighted by atomic mass is 9.42. The highest BCUT2D eigenvalue weighted by molar-refractivity contribution is 5.86. The minimum atomic E-state index is -0.320. The number of hydrazone groups is 1. The van der Waals surface area contributed by atoms with E-state index in [1.807, 2.05) is 0 Å². The first-order valence-corrected chi connectivity index (χ1v) is 11.2. The number of carbonyl (C=O) groups excluding carboxylic acids is 1. The van der Waals surface area contributed by atoms with E-state index in [1.165, 1.54) is 37.5 Å². The van der Waals surface area contributed by atoms with Gasteiger partial charge in [0.05, 0.1) is 18.7 Å². The molecule has 4 bridgehead atoms. The molecule has 0 unspecified atom stereocenters. The van der Waals surface area contributed by atoms with Crippen LogP contribution in [0.3, 0.4) is 0 Å². The van der Waals surface area contributed by atoms with E-state index in [1.54, 1.807) is 24.4 Å². The molecule has 4 saturated carbocycles. The molecule has 4 aliphatic carbocycles. The molecule has 0 aliphatic heterocycles. The highest BCUT2D eigenvalue weighted by atomic mass is 16.5. The molecule has 0 spiro atoms. The summed E-state index contributed by atoms with van der Waals surface area (Å²) in [5.41, 5.74) is 6.10. The topological polar surface area (TPSA) is 70.9 Å². The summed E-state index contributed by atoms with van der Waals surface area (Å²) in [6, 6.07) is 14.0. The molecule has 2 atom stereocenters. The van der Waals surface area contributed by atoms with Gasteiger partial charge in [-0.2, -0.15) is 5.10 Å². The van der Waals surface area contributed by atoms with E-state index in [9.17, 15) is 9.90 Å². The van der Waals surface area contributed by atoms with E-state index in [-0.39, 0.29) is 22.5 Å². The Labute approximate surface area is 183 Å². The van der Waals surface area contributed by atoms with Gasteiger partial charge in [0, 0.05) is 0 Å². The summed E-state index contributed by atoms with van der Waals surface area (Å²) in [6.07, 6.45) is 8.16. The van der Waals surface area contributed by atoms with Crippen LogP contribution in [0.5, 0.6) is 11.5 Å². The van der Waals surface area contributed by atoms with Crippen molar-refractivity contribution in [1.29, 1.82) is 0 Å². The van der Waals surface area contributed by atoms with E-state index >= 15 is 0 Å². The number of aryl methyl sites for hydroxylation is 1. The number of phenolic OH excluding ortho intramolecular Hbond substituents is 1. The summed E-state index contributed by atoms with van der Waals surface area (Å²) in [4.78, 5) is 13.4. The van der Waals surface area contributed by atoms with Crippen LogP contribution in [0.15, 0.2) is 47.6 Å². The number of hydrogen-bond acceptors (Lipinski definition) is 4. The van der Waals surface area contributed by atoms with Crippen molar-refractivity contribution in [1.82, 2.24) is 5.43 Å². The van der Waals surface area contributed by atoms with Crippen LogP contribution >= 0.6 is 0 Å². The standard InChI is InChI=1S/C26H30N2O3/c1-17-3-6-21(7-4-17)25-11-19-9-20(12-25)14-26(13-19,16-25)24(30)28-27-15-18-5-8-22(29)23(10-18)31-2/h3-8,10,15,19-20,29H,9,11-14,16H2,1-2H3,(H,28,30)/b27-15-/t19-,20-,25?,26?/m0/s1. The number of hydrogen-bond donors (Lipinski definition) is 2. The van der Waals surface area contributed by atoms with E-state index in [0.29, 0.717) is 17.6 Å². The third-order valence-electron chi connectivity index (χ3n) is 7.79. The Morgan fingerprint density at radius 1 is 1.13 bits per heavy atom. The molecule has 0 saturated heterocycles. The summed E-state index contributed by atoms with van der Waals surface area (Å²) in [7, 11) is 1.51. The van der Waals surface area contributed by atoms with Crippen LogP contribution in [0.25, 0.3) is 0 Å². The van der Waals surface area contributed by atoms with Gasteiger partial charge in [-0.15, -0.1) is 0 Å². The van der Waals surface area contributed by atoms with Gasteiger partial charge in [-0.1, -0.05) is 29.8 Å². The van der Waals surface area contributed by atoms with Crippen molar-refractivity contribution in [3.05, 3.63) is 59.2 Å². The Balaban J connectivity index is 1.36. The zero-order valence-corrected chi connectivity index (χ0v) is 18.2. The molecule has 2 aromatic carbocycles. The van der Waals surface area contributed by atoms with E-state index < -0.39 is 0 Å². The predicted octanol–water partition coefficient (Wildman–Crippen LogP) is 4.70. The fraction of sp³-hybridized carbons (Fsp3) is 0.462. The van der Waals surface area contributed by atoms with Crippen LogP contribution in [-0.4, -0.2) is 24.3 Å². The molecule has 162 valence electrons. The maximum atomic E-state index is 13.4. The number of amides is 1. The molecule has 2 N–H and O–H groups in total. The van der Waals surface area contributed by atoms with Gasteiger partial charge in [-0.3, -0.25) is 4.79 Å². The maximum absolute atomic E-state index is 13.4. The second-order valence-corrected chi connectivity index (χ2v) is 10.0. The third kappa shape index (κ3) is 3.50. The Bertz CT molecular complexity index is 1010. The van der Waals surface area contributed by atoms with Gasteiger partial charge in [0.1, 0.15) is 0 Å². The normalized spacial score (nSPS) is 31.2. The second-order valence-electron chi connectivity index (χ2n) is 10.0. The molecule has 6 rings (SSSR count). The molecule has 4 aliphatic rings. The number of ether oxygens (including phenoxy) is 1. The summed E-state index contributed by atoms with van der Waals surface area (Å²) >= 11 is 0. The SMILES string of the molecule is COc1cc(/C=N\NC(=O)C23C[C@H]4C[C@H](C2)CC(c2ccc(C)cc2)(C4)C3)ccc1O. The van der Waals surface area contributed by atoms with Crippen molar-refractivity contribution in [3.8, 4) is 11.5 Å². The van der Waals surface area contributed by atoms with Gasteiger partial charge in [0.25, 0.3) is 0 Å². The molecule has 31 heavy (non-hydrogen) atoms. The van der Waals surface area contributed by atoms with Crippen LogP contribution in [0.1, 0.15) is 55.2 Å². The highest BCUT2D eigenvalue weighted by Crippen LogP contribution is 2.65. The quantitative estimate of drug-likeness (QED) is 0.546. The zero-order valence-electron chi connectivity index (χ0n) is 18.2. The van der Waals surface area contributed by atoms with Crippen LogP contribution in [0.2, 0.25) is 0 Å². The smallest absolute Gasteiger partial charge is 0.246 e. The van der Waals surface area contributed by atoms with E-state index in [0.717, 1.165) is 24.8 Å². The monoisotopic (exact) mass is 418 g/mol. The van der Waals surface area contributed by atoms with Crippen molar-refractivity contribution in [2.45, 2.75) is 50.9 Å². The average molecular weight is 419 g/mol. The Morgan fingerprint density at radius 2 is 1.84 bits per heavy atom. The Kier molecular flexibility index (Phi) is 4.80. The first-order chi connectivity index (χ1) is 14.9. The number of benzene rings is 2. The summed E-state index contributed by atoms with van der Waals surface area (Å²) in [6.45, 7) is 2.13. The molecule has 5 heteroatoms. The second kappa shape index (κ2) is 7.40. The fourth-order valence-electron chi connectivity index (χ4n) is 6.83. The van der Waals surface area contributed by atoms with Crippen molar-refractivity contribution in [2.75, 3.05) is 7.11 Å². The molecule has 5 nitrogen and oxygen atoms in total. The van der Waals surface area contributed by atoms with Crippen molar-refractivity contribution in [2.24, 2.45) is 22.4 Å². The van der Waals surface area contributed by atoms with Gasteiger partial charge >= 0.3 is 0 Å². The van der Waals surface area contributed by atoms with Crippen LogP contribution < -0.4 is 10.2 Å². The van der Waals surface area contributed by atoms with Gasteiger partial charge in [-0.25, -0.2) is 5.43 Å². The Hall–Kier alpha value is -2.82. The summed E-state index contributed by atoms with van der Waals surface area (Å²) < 4.78 is 5.14. The fourth-order valence-corrected chi connectivity index (χ4v) is 6.83. The number of nitrogens with one attached hydrogen (secondary N) is 1. The maximum Gasteiger partial charge on any atom is 0.246 e. The average Bonchev–Trinajstić information content (AvgIpc) is 2.74. The first kappa shape index (κ1) is 20.1. The molecule has 0 aromatic heterocycles. The first-order valence-electron chi connectivity index (χ1n) is 11.2. The number of phenols is 1. The highest BCUT2D eigenvalue weighted by Gasteiger charge is 2.60. The van der Waals surface area contributed by atoms with Crippen molar-refractivity contribution < 1.29 is 14.6 Å². The zero-order chi connectivity index (χ0) is 21.6. The van der Waals surface area contributed by atoms with Crippen LogP contribution in [-0.2, 0) is 10.2 Å². The lowest BCUT2D eigenvalue weighted by molar-refractivity contribution is -0.149. The minimum absolute atomic E-state index is 0.0556. The van der Waals surface area contributed by atoms with Crippen molar-refractivity contribution >= 4 is 12.1 Å². The predicted molar refractivity (Wildman–Crippen MR) is 120 cm³/mol. The summed E-state index contributed by atoms with van der Waals surface area (Å²) in [5.74, 6) is 1.77. The molecular formula is C26H30N2O3. The number of rotatable bonds is 5. The largest absolute Gasteiger partial charge is 0.504 e. The summed E-state index contributed by atoms with van der Waals surface area (Å²) in [5, 5.41) is 14.0. The number of carbonyl (C=O) groups is 1. The molecule has 0 heterocycles.